The van der Waals surface area contributed by atoms with Crippen molar-refractivity contribution < 1.29 is 4.79 Å². The van der Waals surface area contributed by atoms with E-state index in [1.807, 2.05) is 0 Å². The van der Waals surface area contributed by atoms with Crippen molar-refractivity contribution in [3.63, 3.8) is 0 Å². The van der Waals surface area contributed by atoms with Crippen molar-refractivity contribution >= 4 is 17.3 Å². The fourth-order valence-electron chi connectivity index (χ4n) is 1.39. The average Bonchev–Trinajstić information content (AvgIpc) is 2.76. The van der Waals surface area contributed by atoms with Crippen LogP contribution in [0.5, 0.6) is 0 Å². The molecule has 1 amide bonds. The van der Waals surface area contributed by atoms with Crippen molar-refractivity contribution in [3.05, 3.63) is 36.4 Å². The Morgan fingerprint density at radius 3 is 3.06 bits per heavy atom. The summed E-state index contributed by atoms with van der Waals surface area (Å²) in [6, 6.07) is 8.64. The molecule has 1 aromatic heterocycles. The molecule has 2 rings (SSSR count). The van der Waals surface area contributed by atoms with Crippen molar-refractivity contribution in [2.24, 2.45) is 0 Å². The van der Waals surface area contributed by atoms with E-state index in [1.165, 1.54) is 11.0 Å². The van der Waals surface area contributed by atoms with Crippen LogP contribution < -0.4 is 11.1 Å². The number of nitriles is 1. The number of benzene rings is 1. The number of carbonyl (C=O) groups is 1. The normalized spacial score (nSPS) is 9.72. The lowest BCUT2D eigenvalue weighted by Crippen LogP contribution is -2.19. The number of nitrogens with zero attached hydrogens (tertiary/aromatic N) is 4. The predicted molar refractivity (Wildman–Crippen MR) is 64.2 cm³/mol. The number of hydrogen-bond donors (Lipinski definition) is 2. The lowest BCUT2D eigenvalue weighted by atomic mass is 10.3. The van der Waals surface area contributed by atoms with Gasteiger partial charge in [0.05, 0.1) is 0 Å². The van der Waals surface area contributed by atoms with Gasteiger partial charge in [-0.15, -0.1) is 5.10 Å². The van der Waals surface area contributed by atoms with Gasteiger partial charge in [0.15, 0.2) is 0 Å². The van der Waals surface area contributed by atoms with Crippen molar-refractivity contribution in [3.8, 4) is 6.07 Å². The minimum Gasteiger partial charge on any atom is -0.399 e. The van der Waals surface area contributed by atoms with Crippen LogP contribution in [0.3, 0.4) is 0 Å². The molecule has 7 nitrogen and oxygen atoms in total. The van der Waals surface area contributed by atoms with E-state index in [2.05, 4.69) is 15.4 Å². The second kappa shape index (κ2) is 4.97. The van der Waals surface area contributed by atoms with Gasteiger partial charge in [-0.3, -0.25) is 4.79 Å². The SMILES string of the molecule is N#Cc1ncn(CC(=O)Nc2cccc(N)c2)n1. The maximum Gasteiger partial charge on any atom is 0.252 e. The van der Waals surface area contributed by atoms with E-state index in [0.29, 0.717) is 11.4 Å². The van der Waals surface area contributed by atoms with Gasteiger partial charge in [0.25, 0.3) is 5.82 Å². The molecule has 0 bridgehead atoms. The second-order valence-electron chi connectivity index (χ2n) is 3.55. The molecule has 2 aromatic rings. The van der Waals surface area contributed by atoms with Crippen LogP contribution in [0.2, 0.25) is 0 Å². The lowest BCUT2D eigenvalue weighted by molar-refractivity contribution is -0.116. The molecule has 90 valence electrons. The summed E-state index contributed by atoms with van der Waals surface area (Å²) < 4.78 is 1.29. The lowest BCUT2D eigenvalue weighted by Gasteiger charge is -2.05. The molecule has 0 aliphatic heterocycles. The summed E-state index contributed by atoms with van der Waals surface area (Å²) >= 11 is 0. The van der Waals surface area contributed by atoms with Gasteiger partial charge >= 0.3 is 0 Å². The summed E-state index contributed by atoms with van der Waals surface area (Å²) in [5.74, 6) is -0.234. The van der Waals surface area contributed by atoms with E-state index in [1.54, 1.807) is 30.3 Å². The molecule has 7 heteroatoms. The molecule has 18 heavy (non-hydrogen) atoms. The Hall–Kier alpha value is -2.88. The third-order valence-corrected chi connectivity index (χ3v) is 2.11. The molecule has 1 heterocycles. The zero-order chi connectivity index (χ0) is 13.0. The molecule has 0 saturated carbocycles. The van der Waals surface area contributed by atoms with Crippen molar-refractivity contribution in [1.29, 1.82) is 5.26 Å². The number of anilines is 2. The van der Waals surface area contributed by atoms with E-state index in [9.17, 15) is 4.79 Å². The predicted octanol–water partition coefficient (Wildman–Crippen LogP) is 0.371. The first-order valence-electron chi connectivity index (χ1n) is 5.12. The van der Waals surface area contributed by atoms with Gasteiger partial charge in [-0.1, -0.05) is 6.07 Å². The van der Waals surface area contributed by atoms with Crippen LogP contribution in [0.25, 0.3) is 0 Å². The Balaban J connectivity index is 1.99. The molecular formula is C11H10N6O. The topological polar surface area (TPSA) is 110 Å². The maximum absolute atomic E-state index is 11.7. The summed E-state index contributed by atoms with van der Waals surface area (Å²) in [6.45, 7) is -0.0104. The average molecular weight is 242 g/mol. The number of rotatable bonds is 3. The van der Waals surface area contributed by atoms with Gasteiger partial charge < -0.3 is 11.1 Å². The van der Waals surface area contributed by atoms with Crippen molar-refractivity contribution in [2.75, 3.05) is 11.1 Å². The number of carbonyl (C=O) groups excluding carboxylic acids is 1. The second-order valence-corrected chi connectivity index (χ2v) is 3.55. The van der Waals surface area contributed by atoms with E-state index in [-0.39, 0.29) is 18.3 Å². The molecule has 0 atom stereocenters. The van der Waals surface area contributed by atoms with Crippen LogP contribution in [0.15, 0.2) is 30.6 Å². The van der Waals surface area contributed by atoms with E-state index < -0.39 is 0 Å². The molecule has 0 fully saturated rings. The Labute approximate surface area is 103 Å². The summed E-state index contributed by atoms with van der Waals surface area (Å²) in [7, 11) is 0. The minimum absolute atomic E-state index is 0.0104. The van der Waals surface area contributed by atoms with Crippen LogP contribution in [-0.4, -0.2) is 20.7 Å². The first-order chi connectivity index (χ1) is 8.67. The summed E-state index contributed by atoms with van der Waals surface area (Å²) in [6.07, 6.45) is 1.33. The monoisotopic (exact) mass is 242 g/mol. The van der Waals surface area contributed by atoms with Crippen LogP contribution >= 0.6 is 0 Å². The molecular weight excluding hydrogens is 232 g/mol. The third kappa shape index (κ3) is 2.82. The van der Waals surface area contributed by atoms with Gasteiger partial charge in [-0.05, 0) is 18.2 Å². The number of nitrogens with one attached hydrogen (secondary N) is 1. The van der Waals surface area contributed by atoms with Crippen molar-refractivity contribution in [2.45, 2.75) is 6.54 Å². The van der Waals surface area contributed by atoms with Gasteiger partial charge in [-0.2, -0.15) is 5.26 Å². The smallest absolute Gasteiger partial charge is 0.252 e. The highest BCUT2D eigenvalue weighted by atomic mass is 16.2. The molecule has 0 saturated heterocycles. The van der Waals surface area contributed by atoms with E-state index >= 15 is 0 Å². The summed E-state index contributed by atoms with van der Waals surface area (Å²) in [5, 5.41) is 15.0. The molecule has 0 radical (unpaired) electrons. The zero-order valence-electron chi connectivity index (χ0n) is 9.37. The number of nitrogens with two attached hydrogens (primary N) is 1. The number of nitrogen functional groups attached to an aromatic ring is 1. The zero-order valence-corrected chi connectivity index (χ0v) is 9.37. The fourth-order valence-corrected chi connectivity index (χ4v) is 1.39. The Kier molecular flexibility index (Phi) is 3.20. The molecule has 1 aromatic carbocycles. The Morgan fingerprint density at radius 2 is 2.39 bits per heavy atom. The van der Waals surface area contributed by atoms with E-state index in [4.69, 9.17) is 11.0 Å². The first kappa shape index (κ1) is 11.6. The third-order valence-electron chi connectivity index (χ3n) is 2.11. The van der Waals surface area contributed by atoms with Gasteiger partial charge in [-0.25, -0.2) is 9.67 Å². The quantitative estimate of drug-likeness (QED) is 0.755. The van der Waals surface area contributed by atoms with E-state index in [0.717, 1.165) is 0 Å². The van der Waals surface area contributed by atoms with Crippen LogP contribution in [0.1, 0.15) is 5.82 Å². The minimum atomic E-state index is -0.269. The van der Waals surface area contributed by atoms with Crippen LogP contribution in [0.4, 0.5) is 11.4 Å². The maximum atomic E-state index is 11.7. The Bertz CT molecular complexity index is 612. The number of aromatic nitrogens is 3. The van der Waals surface area contributed by atoms with Crippen LogP contribution in [-0.2, 0) is 11.3 Å². The summed E-state index contributed by atoms with van der Waals surface area (Å²) in [4.78, 5) is 15.4. The number of amides is 1. The fraction of sp³-hybridized carbons (Fsp3) is 0.0909. The van der Waals surface area contributed by atoms with Gasteiger partial charge in [0, 0.05) is 11.4 Å². The Morgan fingerprint density at radius 1 is 1.56 bits per heavy atom. The highest BCUT2D eigenvalue weighted by Gasteiger charge is 2.06. The highest BCUT2D eigenvalue weighted by Crippen LogP contribution is 2.11. The van der Waals surface area contributed by atoms with Gasteiger partial charge in [0.2, 0.25) is 5.91 Å². The molecule has 0 aliphatic carbocycles. The van der Waals surface area contributed by atoms with Crippen molar-refractivity contribution in [1.82, 2.24) is 14.8 Å². The van der Waals surface area contributed by atoms with Gasteiger partial charge in [0.1, 0.15) is 18.9 Å². The largest absolute Gasteiger partial charge is 0.399 e. The van der Waals surface area contributed by atoms with Crippen LogP contribution in [0, 0.1) is 11.3 Å². The highest BCUT2D eigenvalue weighted by molar-refractivity contribution is 5.90. The molecule has 3 N–H and O–H groups in total. The molecule has 0 spiro atoms. The number of hydrogen-bond acceptors (Lipinski definition) is 5. The first-order valence-corrected chi connectivity index (χ1v) is 5.12. The standard InChI is InChI=1S/C11H10N6O/c12-5-10-14-7-17(16-10)6-11(18)15-9-3-1-2-8(13)4-9/h1-4,7H,6,13H2,(H,15,18). The molecule has 0 unspecified atom stereocenters. The molecule has 0 aliphatic rings. The summed E-state index contributed by atoms with van der Waals surface area (Å²) in [5.41, 5.74) is 6.77.